The Labute approximate surface area is 339 Å². The van der Waals surface area contributed by atoms with E-state index >= 15 is 0 Å². The molecule has 7 aromatic carbocycles. The molecule has 0 spiro atoms. The van der Waals surface area contributed by atoms with Crippen molar-refractivity contribution in [3.8, 4) is 78.7 Å². The largest absolute Gasteiger partial charge is 0.507 e. The van der Waals surface area contributed by atoms with Crippen LogP contribution in [0.3, 0.4) is 0 Å². The monoisotopic (exact) mass is 749 g/mol. The summed E-state index contributed by atoms with van der Waals surface area (Å²) in [7, 11) is 0. The van der Waals surface area contributed by atoms with Gasteiger partial charge in [0.05, 0.1) is 22.4 Å². The number of fused-ring (bicyclic) bond motifs is 4. The summed E-state index contributed by atoms with van der Waals surface area (Å²) in [4.78, 5) is 11.1. The fraction of sp³-hybridized carbons (Fsp3) is 0.111. The van der Waals surface area contributed by atoms with E-state index in [1.807, 2.05) is 6.07 Å². The Hall–Kier alpha value is -7.04. The lowest BCUT2D eigenvalue weighted by atomic mass is 9.83. The van der Waals surface area contributed by atoms with Gasteiger partial charge in [-0.15, -0.1) is 0 Å². The van der Waals surface area contributed by atoms with Gasteiger partial charge in [0.1, 0.15) is 11.4 Å². The molecule has 1 aliphatic rings. The zero-order valence-electron chi connectivity index (χ0n) is 33.2. The van der Waals surface area contributed by atoms with Crippen molar-refractivity contribution in [3.05, 3.63) is 191 Å². The number of aryl methyl sites for hydroxylation is 6. The Kier molecular flexibility index (Phi) is 8.64. The molecule has 0 atom stereocenters. The fourth-order valence-electron chi connectivity index (χ4n) is 9.25. The number of phenolic OH excluding ortho intramolecular Hbond substituents is 1. The minimum absolute atomic E-state index is 0.263. The molecule has 4 nitrogen and oxygen atoms in total. The Morgan fingerprint density at radius 3 is 1.84 bits per heavy atom. The molecule has 0 aliphatic heterocycles. The van der Waals surface area contributed by atoms with Gasteiger partial charge in [0.2, 0.25) is 0 Å². The van der Waals surface area contributed by atoms with Gasteiger partial charge in [0.15, 0.2) is 5.82 Å². The molecule has 2 heterocycles. The van der Waals surface area contributed by atoms with Crippen molar-refractivity contribution in [2.24, 2.45) is 0 Å². The highest BCUT2D eigenvalue weighted by molar-refractivity contribution is 6.08. The number of aromatic hydroxyl groups is 1. The van der Waals surface area contributed by atoms with E-state index in [1.165, 1.54) is 27.8 Å². The molecule has 0 amide bonds. The van der Waals surface area contributed by atoms with Crippen LogP contribution in [0.4, 0.5) is 0 Å². The van der Waals surface area contributed by atoms with E-state index in [0.29, 0.717) is 0 Å². The Morgan fingerprint density at radius 2 is 1.12 bits per heavy atom. The summed E-state index contributed by atoms with van der Waals surface area (Å²) < 4.78 is 2.31. The van der Waals surface area contributed by atoms with Crippen molar-refractivity contribution in [1.29, 1.82) is 0 Å². The first-order valence-corrected chi connectivity index (χ1v) is 20.1. The van der Waals surface area contributed by atoms with Gasteiger partial charge in [-0.1, -0.05) is 151 Å². The highest BCUT2D eigenvalue weighted by Gasteiger charge is 2.27. The smallest absolute Gasteiger partial charge is 0.164 e. The number of para-hydroxylation sites is 1. The van der Waals surface area contributed by atoms with Crippen molar-refractivity contribution >= 4 is 11.0 Å². The number of phenols is 1. The highest BCUT2D eigenvalue weighted by Crippen LogP contribution is 2.48. The molecule has 0 saturated heterocycles. The van der Waals surface area contributed by atoms with Crippen LogP contribution in [0.2, 0.25) is 0 Å². The Bertz CT molecular complexity index is 3010. The third-order valence-electron chi connectivity index (χ3n) is 11.7. The second kappa shape index (κ2) is 14.2. The van der Waals surface area contributed by atoms with Crippen LogP contribution in [0.5, 0.6) is 5.75 Å². The predicted molar refractivity (Wildman–Crippen MR) is 240 cm³/mol. The fourth-order valence-corrected chi connectivity index (χ4v) is 9.25. The summed E-state index contributed by atoms with van der Waals surface area (Å²) in [5, 5.41) is 11.2. The van der Waals surface area contributed by atoms with Crippen LogP contribution in [0.1, 0.15) is 33.4 Å². The topological polar surface area (TPSA) is 50.9 Å². The van der Waals surface area contributed by atoms with Gasteiger partial charge in [-0.05, 0) is 120 Å². The van der Waals surface area contributed by atoms with Crippen LogP contribution in [0, 0.1) is 27.7 Å². The molecule has 4 heteroatoms. The first-order chi connectivity index (χ1) is 28.3. The zero-order valence-corrected chi connectivity index (χ0v) is 33.2. The van der Waals surface area contributed by atoms with Gasteiger partial charge in [-0.3, -0.25) is 4.57 Å². The molecule has 0 bridgehead atoms. The maximum Gasteiger partial charge on any atom is 0.164 e. The number of rotatable bonds is 6. The average Bonchev–Trinajstić information content (AvgIpc) is 3.62. The van der Waals surface area contributed by atoms with Gasteiger partial charge >= 0.3 is 0 Å². The summed E-state index contributed by atoms with van der Waals surface area (Å²) in [5.41, 5.74) is 21.6. The van der Waals surface area contributed by atoms with E-state index in [1.54, 1.807) is 6.07 Å². The molecular formula is C54H43N3O. The molecule has 0 unspecified atom stereocenters. The summed E-state index contributed by atoms with van der Waals surface area (Å²) in [6, 6.07) is 56.1. The molecule has 10 rings (SSSR count). The third-order valence-corrected chi connectivity index (χ3v) is 11.7. The molecule has 1 aliphatic carbocycles. The molecule has 2 aromatic heterocycles. The van der Waals surface area contributed by atoms with Crippen LogP contribution < -0.4 is 0 Å². The molecule has 0 radical (unpaired) electrons. The standard InChI is InChI=1S/C54H43N3O/c1-33-30-34(2)32-41(31-33)43-22-13-21-42(37-16-7-5-8-17-37)50(43)44-27-29-46-52(48(44)38-18-9-6-10-19-38)56-54(57(46)53-35(3)14-11-15-36(53)4)45-28-26-40-25-24-39-20-12-23-47(58)49(39)51(40)55-45/h5-23,26-32,58H,24-25H2,1-4H3. The molecule has 1 N–H and O–H groups in total. The van der Waals surface area contributed by atoms with Crippen LogP contribution >= 0.6 is 0 Å². The average molecular weight is 750 g/mol. The van der Waals surface area contributed by atoms with Gasteiger partial charge in [0, 0.05) is 11.1 Å². The van der Waals surface area contributed by atoms with E-state index in [0.717, 1.165) is 102 Å². The van der Waals surface area contributed by atoms with Crippen molar-refractivity contribution in [1.82, 2.24) is 14.5 Å². The lowest BCUT2D eigenvalue weighted by molar-refractivity contribution is 0.476. The Morgan fingerprint density at radius 1 is 0.483 bits per heavy atom. The predicted octanol–water partition coefficient (Wildman–Crippen LogP) is 13.5. The Balaban J connectivity index is 1.33. The van der Waals surface area contributed by atoms with Crippen LogP contribution in [-0.2, 0) is 12.8 Å². The summed E-state index contributed by atoms with van der Waals surface area (Å²) in [6.07, 6.45) is 1.74. The van der Waals surface area contributed by atoms with Crippen LogP contribution in [0.25, 0.3) is 84.0 Å². The van der Waals surface area contributed by atoms with Gasteiger partial charge in [0.25, 0.3) is 0 Å². The second-order valence-electron chi connectivity index (χ2n) is 15.7. The quantitative estimate of drug-likeness (QED) is 0.184. The second-order valence-corrected chi connectivity index (χ2v) is 15.7. The van der Waals surface area contributed by atoms with Gasteiger partial charge in [-0.25, -0.2) is 9.97 Å². The first kappa shape index (κ1) is 35.4. The number of imidazole rings is 1. The minimum Gasteiger partial charge on any atom is -0.507 e. The number of aromatic nitrogens is 3. The maximum atomic E-state index is 11.2. The van der Waals surface area contributed by atoms with Crippen molar-refractivity contribution in [2.45, 2.75) is 40.5 Å². The zero-order chi connectivity index (χ0) is 39.5. The summed E-state index contributed by atoms with van der Waals surface area (Å²) in [5.74, 6) is 1.02. The van der Waals surface area contributed by atoms with Gasteiger partial charge in [-0.2, -0.15) is 0 Å². The summed E-state index contributed by atoms with van der Waals surface area (Å²) >= 11 is 0. The minimum atomic E-state index is 0.263. The lowest BCUT2D eigenvalue weighted by Gasteiger charge is -2.21. The molecular weight excluding hydrogens is 707 g/mol. The number of nitrogens with zero attached hydrogens (tertiary/aromatic N) is 3. The number of hydrogen-bond donors (Lipinski definition) is 1. The van der Waals surface area contributed by atoms with E-state index < -0.39 is 0 Å². The van der Waals surface area contributed by atoms with E-state index in [2.05, 4.69) is 178 Å². The van der Waals surface area contributed by atoms with E-state index in [9.17, 15) is 5.11 Å². The summed E-state index contributed by atoms with van der Waals surface area (Å²) in [6.45, 7) is 8.70. The molecule has 58 heavy (non-hydrogen) atoms. The van der Waals surface area contributed by atoms with Crippen molar-refractivity contribution < 1.29 is 5.11 Å². The number of pyridine rings is 1. The number of hydrogen-bond acceptors (Lipinski definition) is 3. The highest BCUT2D eigenvalue weighted by atomic mass is 16.3. The first-order valence-electron chi connectivity index (χ1n) is 20.1. The van der Waals surface area contributed by atoms with E-state index in [4.69, 9.17) is 9.97 Å². The SMILES string of the molecule is Cc1cc(C)cc(-c2cccc(-c3ccccc3)c2-c2ccc3c(nc(-c4ccc5c(n4)-c4c(O)cccc4CC5)n3-c3c(C)cccc3C)c2-c2ccccc2)c1. The lowest BCUT2D eigenvalue weighted by Crippen LogP contribution is -2.08. The molecule has 280 valence electrons. The molecule has 0 saturated carbocycles. The van der Waals surface area contributed by atoms with Crippen molar-refractivity contribution in [3.63, 3.8) is 0 Å². The molecule has 9 aromatic rings. The number of benzene rings is 7. The molecule has 0 fully saturated rings. The normalized spacial score (nSPS) is 12.1. The maximum absolute atomic E-state index is 11.2. The van der Waals surface area contributed by atoms with E-state index in [-0.39, 0.29) is 5.75 Å². The van der Waals surface area contributed by atoms with Gasteiger partial charge < -0.3 is 5.11 Å². The van der Waals surface area contributed by atoms with Crippen LogP contribution in [-0.4, -0.2) is 19.6 Å². The third kappa shape index (κ3) is 5.92. The van der Waals surface area contributed by atoms with Crippen LogP contribution in [0.15, 0.2) is 158 Å². The van der Waals surface area contributed by atoms with Crippen molar-refractivity contribution in [2.75, 3.05) is 0 Å².